The summed E-state index contributed by atoms with van der Waals surface area (Å²) in [6.07, 6.45) is 0.914. The predicted molar refractivity (Wildman–Crippen MR) is 100 cm³/mol. The Balaban J connectivity index is 1.47. The Morgan fingerprint density at radius 1 is 1.26 bits per heavy atom. The lowest BCUT2D eigenvalue weighted by Crippen LogP contribution is -2.39. The van der Waals surface area contributed by atoms with E-state index in [1.807, 2.05) is 12.1 Å². The Hall–Kier alpha value is -3.22. The number of nitrogens with one attached hydrogen (secondary N) is 2. The highest BCUT2D eigenvalue weighted by Crippen LogP contribution is 2.24. The number of likely N-dealkylation sites (tertiary alicyclic amines) is 1. The number of halogens is 1. The number of amides is 2. The minimum Gasteiger partial charge on any atom is -0.346 e. The maximum atomic E-state index is 13.3. The maximum Gasteiger partial charge on any atom is 0.228 e. The van der Waals surface area contributed by atoms with Crippen LogP contribution in [0.2, 0.25) is 0 Å². The molecule has 2 N–H and O–H groups in total. The number of carbonyl (C=O) groups excluding carboxylic acids is 2. The fourth-order valence-electron chi connectivity index (χ4n) is 3.24. The van der Waals surface area contributed by atoms with Crippen LogP contribution < -0.4 is 5.32 Å². The summed E-state index contributed by atoms with van der Waals surface area (Å²) in [5.41, 5.74) is 2.82. The zero-order valence-corrected chi connectivity index (χ0v) is 14.8. The highest BCUT2D eigenvalue weighted by atomic mass is 19.1. The number of hydrogen-bond acceptors (Lipinski definition) is 3. The van der Waals surface area contributed by atoms with E-state index < -0.39 is 0 Å². The standard InChI is InChI=1S/C20H19FN4O2/c1-25-9-8-13(10-18(25)26)20(27)22-15-5-2-12(3-6-15)19-23-16-7-4-14(21)11-17(16)24-19/h2-7,11,13H,8-10H2,1H3,(H,22,27)(H,23,24). The zero-order chi connectivity index (χ0) is 19.0. The van der Waals surface area contributed by atoms with Crippen molar-refractivity contribution in [3.63, 3.8) is 0 Å². The van der Waals surface area contributed by atoms with Crippen LogP contribution in [0, 0.1) is 11.7 Å². The number of fused-ring (bicyclic) bond motifs is 1. The van der Waals surface area contributed by atoms with E-state index in [-0.39, 0.29) is 30.0 Å². The lowest BCUT2D eigenvalue weighted by molar-refractivity contribution is -0.137. The predicted octanol–water partition coefficient (Wildman–Crippen LogP) is 3.18. The van der Waals surface area contributed by atoms with Crippen molar-refractivity contribution < 1.29 is 14.0 Å². The van der Waals surface area contributed by atoms with Crippen LogP contribution in [0.15, 0.2) is 42.5 Å². The average molecular weight is 366 g/mol. The number of H-pyrrole nitrogens is 1. The van der Waals surface area contributed by atoms with E-state index >= 15 is 0 Å². The molecule has 0 spiro atoms. The third-order valence-corrected chi connectivity index (χ3v) is 4.90. The van der Waals surface area contributed by atoms with Crippen LogP contribution in [0.4, 0.5) is 10.1 Å². The molecule has 1 aliphatic rings. The van der Waals surface area contributed by atoms with Crippen molar-refractivity contribution in [3.05, 3.63) is 48.3 Å². The molecule has 1 unspecified atom stereocenters. The smallest absolute Gasteiger partial charge is 0.228 e. The lowest BCUT2D eigenvalue weighted by Gasteiger charge is -2.27. The summed E-state index contributed by atoms with van der Waals surface area (Å²) in [5, 5.41) is 2.87. The molecular formula is C20H19FN4O2. The molecule has 27 heavy (non-hydrogen) atoms. The van der Waals surface area contributed by atoms with Crippen LogP contribution in [0.1, 0.15) is 12.8 Å². The number of aromatic amines is 1. The number of rotatable bonds is 3. The summed E-state index contributed by atoms with van der Waals surface area (Å²) in [4.78, 5) is 33.4. The largest absolute Gasteiger partial charge is 0.346 e. The fourth-order valence-corrected chi connectivity index (χ4v) is 3.24. The van der Waals surface area contributed by atoms with Crippen LogP contribution in [-0.4, -0.2) is 40.3 Å². The average Bonchev–Trinajstić information content (AvgIpc) is 3.07. The van der Waals surface area contributed by atoms with Crippen molar-refractivity contribution in [2.45, 2.75) is 12.8 Å². The van der Waals surface area contributed by atoms with Crippen LogP contribution in [0.3, 0.4) is 0 Å². The van der Waals surface area contributed by atoms with Crippen molar-refractivity contribution in [2.75, 3.05) is 18.9 Å². The minimum atomic E-state index is -0.317. The molecule has 3 aromatic rings. The number of piperidine rings is 1. The van der Waals surface area contributed by atoms with E-state index in [0.717, 1.165) is 5.56 Å². The molecule has 1 aromatic heterocycles. The molecular weight excluding hydrogens is 347 g/mol. The number of anilines is 1. The molecule has 0 aliphatic carbocycles. The van der Waals surface area contributed by atoms with Gasteiger partial charge in [-0.2, -0.15) is 0 Å². The van der Waals surface area contributed by atoms with Crippen LogP contribution in [-0.2, 0) is 9.59 Å². The van der Waals surface area contributed by atoms with Crippen LogP contribution >= 0.6 is 0 Å². The summed E-state index contributed by atoms with van der Waals surface area (Å²) >= 11 is 0. The monoisotopic (exact) mass is 366 g/mol. The molecule has 4 rings (SSSR count). The normalized spacial score (nSPS) is 17.3. The summed E-state index contributed by atoms with van der Waals surface area (Å²) < 4.78 is 13.3. The number of imidazole rings is 1. The maximum absolute atomic E-state index is 13.3. The van der Waals surface area contributed by atoms with Crippen molar-refractivity contribution in [2.24, 2.45) is 5.92 Å². The first-order valence-corrected chi connectivity index (χ1v) is 8.80. The molecule has 2 amide bonds. The quantitative estimate of drug-likeness (QED) is 0.747. The van der Waals surface area contributed by atoms with Gasteiger partial charge >= 0.3 is 0 Å². The van der Waals surface area contributed by atoms with Gasteiger partial charge in [0.2, 0.25) is 11.8 Å². The number of aromatic nitrogens is 2. The van der Waals surface area contributed by atoms with Gasteiger partial charge in [0.25, 0.3) is 0 Å². The first kappa shape index (κ1) is 17.2. The summed E-state index contributed by atoms with van der Waals surface area (Å²) in [6, 6.07) is 11.7. The molecule has 0 bridgehead atoms. The van der Waals surface area contributed by atoms with Gasteiger partial charge in [-0.1, -0.05) is 0 Å². The van der Waals surface area contributed by atoms with Gasteiger partial charge in [0.05, 0.1) is 11.0 Å². The van der Waals surface area contributed by atoms with E-state index in [4.69, 9.17) is 0 Å². The topological polar surface area (TPSA) is 78.1 Å². The van der Waals surface area contributed by atoms with Crippen molar-refractivity contribution >= 4 is 28.5 Å². The van der Waals surface area contributed by atoms with E-state index in [9.17, 15) is 14.0 Å². The molecule has 138 valence electrons. The molecule has 1 atom stereocenters. The number of benzene rings is 2. The summed E-state index contributed by atoms with van der Waals surface area (Å²) in [6.45, 7) is 0.600. The number of nitrogens with zero attached hydrogens (tertiary/aromatic N) is 2. The van der Waals surface area contributed by atoms with Gasteiger partial charge in [0.15, 0.2) is 0 Å². The molecule has 1 fully saturated rings. The van der Waals surface area contributed by atoms with E-state index in [1.54, 1.807) is 30.1 Å². The van der Waals surface area contributed by atoms with Gasteiger partial charge in [-0.25, -0.2) is 9.37 Å². The second kappa shape index (κ2) is 6.83. The van der Waals surface area contributed by atoms with Gasteiger partial charge in [0, 0.05) is 37.2 Å². The van der Waals surface area contributed by atoms with Gasteiger partial charge in [-0.3, -0.25) is 9.59 Å². The molecule has 1 saturated heterocycles. The van der Waals surface area contributed by atoms with Gasteiger partial charge in [-0.15, -0.1) is 0 Å². The SMILES string of the molecule is CN1CCC(C(=O)Nc2ccc(-c3nc4ccc(F)cc4[nH]3)cc2)CC1=O. The summed E-state index contributed by atoms with van der Waals surface area (Å²) in [5.74, 6) is -0.113. The van der Waals surface area contributed by atoms with Crippen LogP contribution in [0.25, 0.3) is 22.4 Å². The highest BCUT2D eigenvalue weighted by Gasteiger charge is 2.28. The molecule has 6 nitrogen and oxygen atoms in total. The molecule has 2 aromatic carbocycles. The van der Waals surface area contributed by atoms with E-state index in [1.165, 1.54) is 12.1 Å². The van der Waals surface area contributed by atoms with Gasteiger partial charge in [-0.05, 0) is 48.9 Å². The molecule has 0 saturated carbocycles. The number of carbonyl (C=O) groups is 2. The molecule has 1 aliphatic heterocycles. The Kier molecular flexibility index (Phi) is 4.35. The second-order valence-electron chi connectivity index (χ2n) is 6.82. The first-order valence-electron chi connectivity index (χ1n) is 8.80. The first-order chi connectivity index (χ1) is 13.0. The van der Waals surface area contributed by atoms with Gasteiger partial charge < -0.3 is 15.2 Å². The molecule has 2 heterocycles. The third kappa shape index (κ3) is 3.53. The minimum absolute atomic E-state index is 0.00179. The van der Waals surface area contributed by atoms with Crippen molar-refractivity contribution in [3.8, 4) is 11.4 Å². The highest BCUT2D eigenvalue weighted by molar-refractivity contribution is 5.96. The van der Waals surface area contributed by atoms with Gasteiger partial charge in [0.1, 0.15) is 11.6 Å². The van der Waals surface area contributed by atoms with E-state index in [2.05, 4.69) is 15.3 Å². The van der Waals surface area contributed by atoms with Crippen molar-refractivity contribution in [1.82, 2.24) is 14.9 Å². The summed E-state index contributed by atoms with van der Waals surface area (Å²) in [7, 11) is 1.75. The Bertz CT molecular complexity index is 1010. The third-order valence-electron chi connectivity index (χ3n) is 4.90. The van der Waals surface area contributed by atoms with Crippen LogP contribution in [0.5, 0.6) is 0 Å². The van der Waals surface area contributed by atoms with Crippen molar-refractivity contribution in [1.29, 1.82) is 0 Å². The fraction of sp³-hybridized carbons (Fsp3) is 0.250. The van der Waals surface area contributed by atoms with E-state index in [0.29, 0.717) is 35.5 Å². The second-order valence-corrected chi connectivity index (χ2v) is 6.82. The Morgan fingerprint density at radius 3 is 2.78 bits per heavy atom. The Labute approximate surface area is 155 Å². The Morgan fingerprint density at radius 2 is 2.04 bits per heavy atom. The molecule has 7 heteroatoms. The zero-order valence-electron chi connectivity index (χ0n) is 14.8. The lowest BCUT2D eigenvalue weighted by atomic mass is 9.95. The molecule has 0 radical (unpaired) electrons. The number of hydrogen-bond donors (Lipinski definition) is 2.